The summed E-state index contributed by atoms with van der Waals surface area (Å²) < 4.78 is 0. The second-order valence-corrected chi connectivity index (χ2v) is 4.74. The van der Waals surface area contributed by atoms with Gasteiger partial charge in [0.15, 0.2) is 0 Å². The summed E-state index contributed by atoms with van der Waals surface area (Å²) in [7, 11) is 1.46. The number of nitrogens with zero attached hydrogens (tertiary/aromatic N) is 1. The molecule has 1 atom stereocenters. The lowest BCUT2D eigenvalue weighted by atomic mass is 10.2. The normalized spacial score (nSPS) is 11.5. The smallest absolute Gasteiger partial charge is 0.326 e. The van der Waals surface area contributed by atoms with E-state index in [2.05, 4.69) is 5.32 Å². The van der Waals surface area contributed by atoms with Crippen LogP contribution < -0.4 is 5.32 Å². The molecule has 1 unspecified atom stereocenters. The van der Waals surface area contributed by atoms with Gasteiger partial charge in [0.2, 0.25) is 5.91 Å². The SMILES string of the molecule is CC(C(=O)O)N(C)C(=O)CCCNC(=O)c1ccccc1. The molecule has 0 aliphatic rings. The standard InChI is InChI=1S/C15H20N2O4/c1-11(15(20)21)17(2)13(18)9-6-10-16-14(19)12-7-4-3-5-8-12/h3-5,7-8,11H,6,9-10H2,1-2H3,(H,16,19)(H,20,21). The van der Waals surface area contributed by atoms with E-state index in [1.54, 1.807) is 24.3 Å². The molecule has 0 fully saturated rings. The summed E-state index contributed by atoms with van der Waals surface area (Å²) in [5.41, 5.74) is 0.570. The number of carbonyl (C=O) groups excluding carboxylic acids is 2. The molecule has 0 saturated heterocycles. The zero-order chi connectivity index (χ0) is 15.8. The van der Waals surface area contributed by atoms with Gasteiger partial charge in [0.25, 0.3) is 5.91 Å². The van der Waals surface area contributed by atoms with E-state index in [1.165, 1.54) is 18.9 Å². The van der Waals surface area contributed by atoms with Gasteiger partial charge in [-0.05, 0) is 25.5 Å². The lowest BCUT2D eigenvalue weighted by Crippen LogP contribution is -2.40. The molecule has 0 aliphatic heterocycles. The molecular weight excluding hydrogens is 272 g/mol. The van der Waals surface area contributed by atoms with Crippen LogP contribution in [0.3, 0.4) is 0 Å². The number of hydrogen-bond donors (Lipinski definition) is 2. The third-order valence-corrected chi connectivity index (χ3v) is 3.22. The molecule has 0 aliphatic carbocycles. The van der Waals surface area contributed by atoms with Gasteiger partial charge >= 0.3 is 5.97 Å². The number of carboxylic acid groups (broad SMARTS) is 1. The minimum absolute atomic E-state index is 0.185. The van der Waals surface area contributed by atoms with E-state index in [0.29, 0.717) is 18.5 Å². The Morgan fingerprint density at radius 3 is 2.43 bits per heavy atom. The number of carboxylic acids is 1. The van der Waals surface area contributed by atoms with Crippen LogP contribution in [0, 0.1) is 0 Å². The molecule has 2 N–H and O–H groups in total. The fourth-order valence-corrected chi connectivity index (χ4v) is 1.69. The predicted molar refractivity (Wildman–Crippen MR) is 77.9 cm³/mol. The molecule has 0 radical (unpaired) electrons. The van der Waals surface area contributed by atoms with E-state index in [9.17, 15) is 14.4 Å². The summed E-state index contributed by atoms with van der Waals surface area (Å²) in [5, 5.41) is 11.5. The Morgan fingerprint density at radius 2 is 1.86 bits per heavy atom. The minimum Gasteiger partial charge on any atom is -0.480 e. The van der Waals surface area contributed by atoms with Crippen molar-refractivity contribution in [2.75, 3.05) is 13.6 Å². The molecule has 2 amide bonds. The molecule has 0 bridgehead atoms. The van der Waals surface area contributed by atoms with Gasteiger partial charge in [0.05, 0.1) is 0 Å². The van der Waals surface area contributed by atoms with Gasteiger partial charge in [-0.15, -0.1) is 0 Å². The van der Waals surface area contributed by atoms with E-state index in [0.717, 1.165) is 0 Å². The molecule has 1 aromatic rings. The van der Waals surface area contributed by atoms with Crippen molar-refractivity contribution in [3.05, 3.63) is 35.9 Å². The van der Waals surface area contributed by atoms with Crippen LogP contribution in [0.2, 0.25) is 0 Å². The van der Waals surface area contributed by atoms with Crippen molar-refractivity contribution in [3.8, 4) is 0 Å². The van der Waals surface area contributed by atoms with Gasteiger partial charge < -0.3 is 15.3 Å². The molecule has 0 saturated carbocycles. The summed E-state index contributed by atoms with van der Waals surface area (Å²) in [4.78, 5) is 35.5. The molecule has 1 aromatic carbocycles. The van der Waals surface area contributed by atoms with Crippen LogP contribution in [0.4, 0.5) is 0 Å². The second-order valence-electron chi connectivity index (χ2n) is 4.74. The van der Waals surface area contributed by atoms with Gasteiger partial charge in [-0.25, -0.2) is 4.79 Å². The largest absolute Gasteiger partial charge is 0.480 e. The number of benzene rings is 1. The van der Waals surface area contributed by atoms with Crippen LogP contribution in [0.1, 0.15) is 30.1 Å². The van der Waals surface area contributed by atoms with Crippen LogP contribution >= 0.6 is 0 Å². The Balaban J connectivity index is 2.29. The average Bonchev–Trinajstić information content (AvgIpc) is 2.50. The second kappa shape index (κ2) is 8.04. The third-order valence-electron chi connectivity index (χ3n) is 3.22. The molecular formula is C15H20N2O4. The maximum atomic E-state index is 11.8. The average molecular weight is 292 g/mol. The number of hydrogen-bond acceptors (Lipinski definition) is 3. The zero-order valence-electron chi connectivity index (χ0n) is 12.2. The van der Waals surface area contributed by atoms with Crippen LogP contribution in [0.5, 0.6) is 0 Å². The topological polar surface area (TPSA) is 86.7 Å². The van der Waals surface area contributed by atoms with Crippen molar-refractivity contribution in [2.24, 2.45) is 0 Å². The monoisotopic (exact) mass is 292 g/mol. The maximum Gasteiger partial charge on any atom is 0.326 e. The highest BCUT2D eigenvalue weighted by atomic mass is 16.4. The van der Waals surface area contributed by atoms with Gasteiger partial charge in [-0.3, -0.25) is 9.59 Å². The highest BCUT2D eigenvalue weighted by Gasteiger charge is 2.20. The van der Waals surface area contributed by atoms with E-state index in [-0.39, 0.29) is 18.2 Å². The molecule has 21 heavy (non-hydrogen) atoms. The number of nitrogens with one attached hydrogen (secondary N) is 1. The van der Waals surface area contributed by atoms with Crippen molar-refractivity contribution < 1.29 is 19.5 Å². The maximum absolute atomic E-state index is 11.8. The van der Waals surface area contributed by atoms with Crippen LogP contribution in [0.15, 0.2) is 30.3 Å². The molecule has 114 valence electrons. The van der Waals surface area contributed by atoms with Gasteiger partial charge in [-0.1, -0.05) is 18.2 Å². The first-order chi connectivity index (χ1) is 9.93. The summed E-state index contributed by atoms with van der Waals surface area (Å²) in [6.45, 7) is 1.83. The predicted octanol–water partition coefficient (Wildman–Crippen LogP) is 1.13. The van der Waals surface area contributed by atoms with Crippen LogP contribution in [-0.2, 0) is 9.59 Å². The Labute approximate surface area is 123 Å². The highest BCUT2D eigenvalue weighted by molar-refractivity contribution is 5.94. The Bertz CT molecular complexity index is 502. The van der Waals surface area contributed by atoms with Gasteiger partial charge in [-0.2, -0.15) is 0 Å². The van der Waals surface area contributed by atoms with E-state index in [1.807, 2.05) is 6.07 Å². The first kappa shape index (κ1) is 16.7. The molecule has 0 spiro atoms. The summed E-state index contributed by atoms with van der Waals surface area (Å²) in [5.74, 6) is -1.47. The van der Waals surface area contributed by atoms with Crippen molar-refractivity contribution in [2.45, 2.75) is 25.8 Å². The Hall–Kier alpha value is -2.37. The lowest BCUT2D eigenvalue weighted by molar-refractivity contribution is -0.148. The fraction of sp³-hybridized carbons (Fsp3) is 0.400. The van der Waals surface area contributed by atoms with Crippen molar-refractivity contribution in [1.82, 2.24) is 10.2 Å². The Kier molecular flexibility index (Phi) is 6.39. The molecule has 6 heteroatoms. The van der Waals surface area contributed by atoms with Crippen LogP contribution in [0.25, 0.3) is 0 Å². The minimum atomic E-state index is -1.04. The number of amides is 2. The van der Waals surface area contributed by atoms with Gasteiger partial charge in [0.1, 0.15) is 6.04 Å². The zero-order valence-corrected chi connectivity index (χ0v) is 12.2. The van der Waals surface area contributed by atoms with E-state index < -0.39 is 12.0 Å². The third kappa shape index (κ3) is 5.25. The van der Waals surface area contributed by atoms with Crippen molar-refractivity contribution in [1.29, 1.82) is 0 Å². The molecule has 0 aromatic heterocycles. The highest BCUT2D eigenvalue weighted by Crippen LogP contribution is 2.02. The van der Waals surface area contributed by atoms with Gasteiger partial charge in [0, 0.05) is 25.6 Å². The number of rotatable bonds is 7. The van der Waals surface area contributed by atoms with Crippen molar-refractivity contribution >= 4 is 17.8 Å². The van der Waals surface area contributed by atoms with Crippen LogP contribution in [-0.4, -0.2) is 47.4 Å². The molecule has 0 heterocycles. The quantitative estimate of drug-likeness (QED) is 0.738. The van der Waals surface area contributed by atoms with Crippen molar-refractivity contribution in [3.63, 3.8) is 0 Å². The lowest BCUT2D eigenvalue weighted by Gasteiger charge is -2.21. The number of likely N-dealkylation sites (N-methyl/N-ethyl adjacent to an activating group) is 1. The first-order valence-corrected chi connectivity index (χ1v) is 6.75. The number of aliphatic carboxylic acids is 1. The Morgan fingerprint density at radius 1 is 1.24 bits per heavy atom. The summed E-state index contributed by atoms with van der Waals surface area (Å²) >= 11 is 0. The number of carbonyl (C=O) groups is 3. The molecule has 1 rings (SSSR count). The van der Waals surface area contributed by atoms with E-state index in [4.69, 9.17) is 5.11 Å². The fourth-order valence-electron chi connectivity index (χ4n) is 1.69. The summed E-state index contributed by atoms with van der Waals surface area (Å²) in [6.07, 6.45) is 0.664. The summed E-state index contributed by atoms with van der Waals surface area (Å²) in [6, 6.07) is 7.96. The van der Waals surface area contributed by atoms with E-state index >= 15 is 0 Å². The molecule has 6 nitrogen and oxygen atoms in total. The first-order valence-electron chi connectivity index (χ1n) is 6.75.